The van der Waals surface area contributed by atoms with Crippen LogP contribution in [0.3, 0.4) is 0 Å². The summed E-state index contributed by atoms with van der Waals surface area (Å²) in [5.41, 5.74) is -0.853. The van der Waals surface area contributed by atoms with E-state index in [0.717, 1.165) is 12.1 Å². The highest BCUT2D eigenvalue weighted by Crippen LogP contribution is 2.15. The molecule has 0 atom stereocenters. The SMILES string of the molecule is O=C(O)c1c[c]c(O)cc1C(=O)O. The monoisotopic (exact) mass is 181 g/mol. The Bertz CT molecular complexity index is 369. The molecule has 0 aliphatic rings. The van der Waals surface area contributed by atoms with Crippen molar-refractivity contribution < 1.29 is 24.9 Å². The average molecular weight is 181 g/mol. The van der Waals surface area contributed by atoms with Crippen LogP contribution in [-0.2, 0) is 0 Å². The van der Waals surface area contributed by atoms with Gasteiger partial charge in [0.25, 0.3) is 0 Å². The average Bonchev–Trinajstić information content (AvgIpc) is 2.03. The first kappa shape index (κ1) is 9.05. The summed E-state index contributed by atoms with van der Waals surface area (Å²) in [6.07, 6.45) is 0. The Balaban J connectivity index is 3.35. The van der Waals surface area contributed by atoms with Gasteiger partial charge in [-0.05, 0) is 12.1 Å². The van der Waals surface area contributed by atoms with Gasteiger partial charge in [0, 0.05) is 6.07 Å². The Hall–Kier alpha value is -2.04. The Morgan fingerprint density at radius 3 is 2.15 bits per heavy atom. The predicted molar refractivity (Wildman–Crippen MR) is 40.9 cm³/mol. The molecule has 67 valence electrons. The van der Waals surface area contributed by atoms with Crippen molar-refractivity contribution in [2.24, 2.45) is 0 Å². The van der Waals surface area contributed by atoms with Crippen LogP contribution in [0.25, 0.3) is 0 Å². The molecular weight excluding hydrogens is 176 g/mol. The summed E-state index contributed by atoms with van der Waals surface area (Å²) in [6, 6.07) is 3.94. The van der Waals surface area contributed by atoms with Crippen molar-refractivity contribution in [3.05, 3.63) is 29.3 Å². The van der Waals surface area contributed by atoms with E-state index < -0.39 is 28.8 Å². The lowest BCUT2D eigenvalue weighted by atomic mass is 10.1. The first-order chi connectivity index (χ1) is 6.02. The molecule has 3 N–H and O–H groups in total. The molecule has 1 aromatic carbocycles. The number of hydrogen-bond donors (Lipinski definition) is 3. The number of aromatic carboxylic acids is 2. The minimum atomic E-state index is -1.40. The molecule has 0 amide bonds. The molecule has 1 rings (SSSR count). The molecule has 1 radical (unpaired) electrons. The number of carbonyl (C=O) groups is 2. The predicted octanol–water partition coefficient (Wildman–Crippen LogP) is 0.589. The molecule has 0 saturated carbocycles. The van der Waals surface area contributed by atoms with Crippen LogP contribution >= 0.6 is 0 Å². The summed E-state index contributed by atoms with van der Waals surface area (Å²) in [6.45, 7) is 0. The van der Waals surface area contributed by atoms with E-state index in [1.54, 1.807) is 0 Å². The summed E-state index contributed by atoms with van der Waals surface area (Å²) >= 11 is 0. The maximum atomic E-state index is 10.5. The Labute approximate surface area is 72.9 Å². The van der Waals surface area contributed by atoms with Gasteiger partial charge in [0.05, 0.1) is 11.1 Å². The number of hydrogen-bond acceptors (Lipinski definition) is 3. The molecular formula is C8H5O5. The van der Waals surface area contributed by atoms with E-state index in [0.29, 0.717) is 0 Å². The number of phenolic OH excluding ortho intramolecular Hbond substituents is 1. The second-order valence-electron chi connectivity index (χ2n) is 2.26. The fraction of sp³-hybridized carbons (Fsp3) is 0. The maximum absolute atomic E-state index is 10.5. The van der Waals surface area contributed by atoms with E-state index in [9.17, 15) is 9.59 Å². The number of benzene rings is 1. The molecule has 0 aliphatic heterocycles. The zero-order valence-electron chi connectivity index (χ0n) is 6.31. The Kier molecular flexibility index (Phi) is 2.19. The molecule has 0 saturated heterocycles. The second kappa shape index (κ2) is 3.14. The lowest BCUT2D eigenvalue weighted by Gasteiger charge is -2.00. The van der Waals surface area contributed by atoms with Crippen LogP contribution in [0.5, 0.6) is 5.75 Å². The normalized spacial score (nSPS) is 9.54. The van der Waals surface area contributed by atoms with Crippen molar-refractivity contribution in [1.29, 1.82) is 0 Å². The third kappa shape index (κ3) is 1.76. The highest BCUT2D eigenvalue weighted by molar-refractivity contribution is 6.01. The molecule has 0 spiro atoms. The third-order valence-electron chi connectivity index (χ3n) is 1.40. The van der Waals surface area contributed by atoms with E-state index in [2.05, 4.69) is 6.07 Å². The molecule has 0 fully saturated rings. The fourth-order valence-electron chi connectivity index (χ4n) is 0.834. The largest absolute Gasteiger partial charge is 0.507 e. The van der Waals surface area contributed by atoms with Gasteiger partial charge in [0.2, 0.25) is 0 Å². The zero-order chi connectivity index (χ0) is 10.0. The van der Waals surface area contributed by atoms with Gasteiger partial charge in [-0.15, -0.1) is 0 Å². The van der Waals surface area contributed by atoms with Crippen LogP contribution in [-0.4, -0.2) is 27.3 Å². The summed E-state index contributed by atoms with van der Waals surface area (Å²) in [5.74, 6) is -3.17. The lowest BCUT2D eigenvalue weighted by Crippen LogP contribution is -2.07. The van der Waals surface area contributed by atoms with Crippen LogP contribution in [0.15, 0.2) is 12.1 Å². The van der Waals surface area contributed by atoms with Crippen molar-refractivity contribution in [3.8, 4) is 5.75 Å². The summed E-state index contributed by atoms with van der Waals surface area (Å²) < 4.78 is 0. The molecule has 5 nitrogen and oxygen atoms in total. The highest BCUT2D eigenvalue weighted by Gasteiger charge is 2.15. The number of carboxylic acid groups (broad SMARTS) is 2. The topological polar surface area (TPSA) is 94.8 Å². The van der Waals surface area contributed by atoms with Crippen molar-refractivity contribution in [2.75, 3.05) is 0 Å². The molecule has 0 heterocycles. The van der Waals surface area contributed by atoms with Crippen LogP contribution in [0.1, 0.15) is 20.7 Å². The van der Waals surface area contributed by atoms with E-state index in [1.165, 1.54) is 0 Å². The second-order valence-corrected chi connectivity index (χ2v) is 2.26. The van der Waals surface area contributed by atoms with Gasteiger partial charge in [-0.3, -0.25) is 0 Å². The van der Waals surface area contributed by atoms with Crippen molar-refractivity contribution in [3.63, 3.8) is 0 Å². The minimum Gasteiger partial charge on any atom is -0.507 e. The smallest absolute Gasteiger partial charge is 0.336 e. The molecule has 0 aromatic heterocycles. The standard InChI is InChI=1S/C8H5O5/c9-4-1-2-5(7(10)11)6(3-4)8(12)13/h2-3,9H,(H,10,11)(H,12,13). The number of aromatic hydroxyl groups is 1. The van der Waals surface area contributed by atoms with Crippen molar-refractivity contribution in [2.45, 2.75) is 0 Å². The molecule has 0 aliphatic carbocycles. The number of phenols is 1. The van der Waals surface area contributed by atoms with Gasteiger partial charge in [0.15, 0.2) is 0 Å². The molecule has 13 heavy (non-hydrogen) atoms. The van der Waals surface area contributed by atoms with Crippen molar-refractivity contribution >= 4 is 11.9 Å². The van der Waals surface area contributed by atoms with Gasteiger partial charge in [0.1, 0.15) is 5.75 Å². The highest BCUT2D eigenvalue weighted by atomic mass is 16.4. The number of carboxylic acids is 2. The molecule has 0 bridgehead atoms. The number of rotatable bonds is 2. The van der Waals surface area contributed by atoms with E-state index in [-0.39, 0.29) is 0 Å². The quantitative estimate of drug-likeness (QED) is 0.620. The first-order valence-corrected chi connectivity index (χ1v) is 3.23. The van der Waals surface area contributed by atoms with Gasteiger partial charge in [-0.25, -0.2) is 9.59 Å². The van der Waals surface area contributed by atoms with Gasteiger partial charge < -0.3 is 15.3 Å². The Morgan fingerprint density at radius 2 is 1.69 bits per heavy atom. The summed E-state index contributed by atoms with van der Waals surface area (Å²) in [7, 11) is 0. The van der Waals surface area contributed by atoms with E-state index in [1.807, 2.05) is 0 Å². The third-order valence-corrected chi connectivity index (χ3v) is 1.40. The van der Waals surface area contributed by atoms with Crippen LogP contribution in [0.2, 0.25) is 0 Å². The fourth-order valence-corrected chi connectivity index (χ4v) is 0.834. The summed E-state index contributed by atoms with van der Waals surface area (Å²) in [5, 5.41) is 25.9. The van der Waals surface area contributed by atoms with Crippen LogP contribution in [0.4, 0.5) is 0 Å². The van der Waals surface area contributed by atoms with Crippen LogP contribution in [0, 0.1) is 6.07 Å². The summed E-state index contributed by atoms with van der Waals surface area (Å²) in [4.78, 5) is 21.0. The van der Waals surface area contributed by atoms with Crippen LogP contribution < -0.4 is 0 Å². The van der Waals surface area contributed by atoms with Gasteiger partial charge in [-0.2, -0.15) is 0 Å². The lowest BCUT2D eigenvalue weighted by molar-refractivity contribution is 0.0651. The van der Waals surface area contributed by atoms with E-state index in [4.69, 9.17) is 15.3 Å². The van der Waals surface area contributed by atoms with Crippen molar-refractivity contribution in [1.82, 2.24) is 0 Å². The van der Waals surface area contributed by atoms with Gasteiger partial charge >= 0.3 is 11.9 Å². The molecule has 5 heteroatoms. The first-order valence-electron chi connectivity index (χ1n) is 3.23. The minimum absolute atomic E-state index is 0.398. The Morgan fingerprint density at radius 1 is 1.15 bits per heavy atom. The van der Waals surface area contributed by atoms with E-state index >= 15 is 0 Å². The zero-order valence-corrected chi connectivity index (χ0v) is 6.31. The van der Waals surface area contributed by atoms with Gasteiger partial charge in [-0.1, -0.05) is 0 Å². The maximum Gasteiger partial charge on any atom is 0.336 e. The molecule has 1 aromatic rings. The molecule has 0 unspecified atom stereocenters.